The van der Waals surface area contributed by atoms with Gasteiger partial charge in [-0.25, -0.2) is 19.6 Å². The quantitative estimate of drug-likeness (QED) is 0.0234. The molecule has 292 valence electrons. The predicted molar refractivity (Wildman–Crippen MR) is 196 cm³/mol. The highest BCUT2D eigenvalue weighted by molar-refractivity contribution is 8.01. The number of nitrogens with one attached hydrogen (secondary N) is 3. The van der Waals surface area contributed by atoms with Gasteiger partial charge in [-0.1, -0.05) is 11.2 Å². The number of oxime groups is 1. The van der Waals surface area contributed by atoms with E-state index in [0.717, 1.165) is 34.1 Å². The molecule has 0 radical (unpaired) electrons. The van der Waals surface area contributed by atoms with Crippen LogP contribution in [0.4, 0.5) is 5.13 Å². The predicted octanol–water partition coefficient (Wildman–Crippen LogP) is 0.0722. The number of hydrogen-bond donors (Lipinski definition) is 8. The lowest BCUT2D eigenvalue weighted by atomic mass is 10.0. The van der Waals surface area contributed by atoms with E-state index in [4.69, 9.17) is 10.6 Å². The van der Waals surface area contributed by atoms with E-state index in [1.54, 1.807) is 13.0 Å². The van der Waals surface area contributed by atoms with Crippen LogP contribution < -0.4 is 21.9 Å². The molecule has 1 fully saturated rings. The third-order valence-corrected chi connectivity index (χ3v) is 11.1. The first-order valence-corrected chi connectivity index (χ1v) is 18.8. The number of aryl methyl sites for hydroxylation is 1. The van der Waals surface area contributed by atoms with Crippen LogP contribution in [-0.2, 0) is 24.0 Å². The number of rotatable bonds is 12. The highest BCUT2D eigenvalue weighted by atomic mass is 32.2. The number of aromatic hydroxyl groups is 2. The van der Waals surface area contributed by atoms with Crippen molar-refractivity contribution in [3.8, 4) is 11.5 Å². The number of para-hydroxylation sites is 1. The number of thioether (sulfide) groups is 2. The number of phenolic OH excluding ortho intramolecular Hbond substituents is 2. The van der Waals surface area contributed by atoms with Gasteiger partial charge in [0.25, 0.3) is 35.2 Å². The van der Waals surface area contributed by atoms with Gasteiger partial charge in [0, 0.05) is 22.6 Å². The number of carboxylic acid groups (broad SMARTS) is 2. The van der Waals surface area contributed by atoms with Crippen LogP contribution in [0.25, 0.3) is 5.78 Å². The first-order chi connectivity index (χ1) is 26.5. The Morgan fingerprint density at radius 1 is 1.11 bits per heavy atom. The third kappa shape index (κ3) is 7.71. The summed E-state index contributed by atoms with van der Waals surface area (Å²) in [5.41, 5.74) is 7.84. The molecule has 22 nitrogen and oxygen atoms in total. The fourth-order valence-electron chi connectivity index (χ4n) is 5.16. The molecular weight excluding hydrogens is 799 g/mol. The second kappa shape index (κ2) is 15.3. The minimum absolute atomic E-state index is 0.0455. The minimum atomic E-state index is -1.85. The zero-order valence-electron chi connectivity index (χ0n) is 29.0. The zero-order chi connectivity index (χ0) is 40.6. The molecule has 0 aliphatic carbocycles. The number of carbonyl (C=O) groups excluding carboxylic acids is 4. The first kappa shape index (κ1) is 39.2. The molecule has 9 N–H and O–H groups in total. The Morgan fingerprint density at radius 3 is 2.54 bits per heavy atom. The normalized spacial score (nSPS) is 16.9. The number of β-lactam (4-membered cyclic amide) rings is 1. The van der Waals surface area contributed by atoms with Gasteiger partial charge in [0.05, 0.1) is 5.56 Å². The van der Waals surface area contributed by atoms with Crippen molar-refractivity contribution in [2.24, 2.45) is 5.16 Å². The monoisotopic (exact) mass is 827 g/mol. The fourth-order valence-corrected chi connectivity index (χ4v) is 8.24. The Bertz CT molecular complexity index is 2390. The lowest BCUT2D eigenvalue weighted by molar-refractivity contribution is -0.150. The molecule has 0 saturated carbocycles. The highest BCUT2D eigenvalue weighted by Gasteiger charge is 2.54. The van der Waals surface area contributed by atoms with Gasteiger partial charge in [0.2, 0.25) is 5.60 Å². The van der Waals surface area contributed by atoms with Crippen LogP contribution in [0.15, 0.2) is 51.1 Å². The van der Waals surface area contributed by atoms with Gasteiger partial charge in [0.15, 0.2) is 22.3 Å². The van der Waals surface area contributed by atoms with Crippen molar-refractivity contribution in [1.29, 1.82) is 0 Å². The summed E-state index contributed by atoms with van der Waals surface area (Å²) < 4.78 is 1.23. The molecule has 4 aromatic rings. The van der Waals surface area contributed by atoms with Crippen molar-refractivity contribution >= 4 is 87.0 Å². The van der Waals surface area contributed by atoms with E-state index in [9.17, 15) is 49.2 Å². The molecule has 25 heteroatoms. The third-order valence-electron chi connectivity index (χ3n) is 7.97. The van der Waals surface area contributed by atoms with Crippen LogP contribution in [0, 0.1) is 6.92 Å². The van der Waals surface area contributed by atoms with Gasteiger partial charge in [-0.15, -0.1) is 40.0 Å². The molecule has 2 aliphatic heterocycles. The number of anilines is 1. The number of aromatic nitrogens is 5. The van der Waals surface area contributed by atoms with Gasteiger partial charge >= 0.3 is 11.9 Å². The average molecular weight is 828 g/mol. The number of nitrogen functional groups attached to an aromatic ring is 1. The lowest BCUT2D eigenvalue weighted by Crippen LogP contribution is -2.71. The van der Waals surface area contributed by atoms with Crippen LogP contribution in [0.3, 0.4) is 0 Å². The number of benzene rings is 1. The number of nitrogens with zero attached hydrogens (tertiary/aromatic N) is 7. The summed E-state index contributed by atoms with van der Waals surface area (Å²) >= 11 is 3.30. The number of carboxylic acids is 2. The van der Waals surface area contributed by atoms with Crippen LogP contribution in [-0.4, -0.2) is 120 Å². The molecule has 2 aliphatic rings. The van der Waals surface area contributed by atoms with E-state index in [1.807, 2.05) is 0 Å². The molecule has 6 rings (SSSR count). The van der Waals surface area contributed by atoms with Crippen molar-refractivity contribution in [2.75, 3.05) is 17.2 Å². The summed E-state index contributed by atoms with van der Waals surface area (Å²) in [4.78, 5) is 95.1. The first-order valence-electron chi connectivity index (χ1n) is 15.9. The molecule has 4 amide bonds. The number of phenols is 2. The van der Waals surface area contributed by atoms with Crippen molar-refractivity contribution in [1.82, 2.24) is 45.6 Å². The second-order valence-electron chi connectivity index (χ2n) is 12.3. The van der Waals surface area contributed by atoms with Crippen LogP contribution >= 0.6 is 34.9 Å². The topological polar surface area (TPSA) is 326 Å². The number of aromatic carboxylic acids is 1. The van der Waals surface area contributed by atoms with Gasteiger partial charge in [-0.2, -0.15) is 9.50 Å². The smallest absolute Gasteiger partial charge is 0.375 e. The molecule has 2 atom stereocenters. The molecule has 3 aromatic heterocycles. The number of fused-ring (bicyclic) bond motifs is 2. The molecule has 56 heavy (non-hydrogen) atoms. The lowest BCUT2D eigenvalue weighted by Gasteiger charge is -2.49. The Morgan fingerprint density at radius 2 is 1.86 bits per heavy atom. The van der Waals surface area contributed by atoms with Crippen LogP contribution in [0.5, 0.6) is 11.5 Å². The van der Waals surface area contributed by atoms with Gasteiger partial charge in [-0.05, 0) is 44.5 Å². The average Bonchev–Trinajstić information content (AvgIpc) is 3.78. The zero-order valence-corrected chi connectivity index (χ0v) is 31.5. The molecule has 0 bridgehead atoms. The van der Waals surface area contributed by atoms with E-state index in [1.165, 1.54) is 47.6 Å². The molecule has 0 spiro atoms. The second-order valence-corrected chi connectivity index (χ2v) is 15.3. The summed E-state index contributed by atoms with van der Waals surface area (Å²) in [6.45, 7) is 4.19. The van der Waals surface area contributed by atoms with Crippen molar-refractivity contribution < 1.29 is 54.0 Å². The van der Waals surface area contributed by atoms with E-state index >= 15 is 0 Å². The van der Waals surface area contributed by atoms with Crippen LogP contribution in [0.1, 0.15) is 46.2 Å². The molecule has 5 heterocycles. The maximum absolute atomic E-state index is 13.6. The Kier molecular flexibility index (Phi) is 10.7. The number of aliphatic carboxylic acids is 1. The molecular formula is C31H29N11O11S3. The minimum Gasteiger partial charge on any atom is -0.504 e. The Labute approximate surface area is 326 Å². The summed E-state index contributed by atoms with van der Waals surface area (Å²) in [5.74, 6) is -7.80. The van der Waals surface area contributed by atoms with Crippen LogP contribution in [0.2, 0.25) is 0 Å². The maximum Gasteiger partial charge on any atom is 0.375 e. The fraction of sp³-hybridized carbons (Fsp3) is 0.258. The number of amides is 4. The Balaban J connectivity index is 1.15. The van der Waals surface area contributed by atoms with E-state index < -0.39 is 75.6 Å². The van der Waals surface area contributed by atoms with E-state index in [-0.39, 0.29) is 39.4 Å². The highest BCUT2D eigenvalue weighted by Crippen LogP contribution is 2.42. The summed E-state index contributed by atoms with van der Waals surface area (Å²) in [6, 6.07) is 4.08. The summed E-state index contributed by atoms with van der Waals surface area (Å²) in [5, 5.41) is 50.5. The van der Waals surface area contributed by atoms with Crippen molar-refractivity contribution in [3.05, 3.63) is 63.7 Å². The van der Waals surface area contributed by atoms with E-state index in [0.29, 0.717) is 16.3 Å². The summed E-state index contributed by atoms with van der Waals surface area (Å²) in [6.07, 6.45) is 0. The van der Waals surface area contributed by atoms with E-state index in [2.05, 4.69) is 41.4 Å². The molecule has 1 aromatic carbocycles. The molecule has 1 saturated heterocycles. The number of nitrogens with two attached hydrogens (primary N) is 1. The number of hydrogen-bond acceptors (Lipinski definition) is 18. The number of thiazole rings is 1. The largest absolute Gasteiger partial charge is 0.504 e. The molecule has 1 unspecified atom stereocenters. The maximum atomic E-state index is 13.6. The van der Waals surface area contributed by atoms with Gasteiger partial charge in [0.1, 0.15) is 27.8 Å². The van der Waals surface area contributed by atoms with Crippen molar-refractivity contribution in [3.63, 3.8) is 0 Å². The van der Waals surface area contributed by atoms with Gasteiger partial charge < -0.3 is 36.3 Å². The SMILES string of the molecule is Cc1cc(SCC2=C(C(=O)O)N3C(=O)C(NC(=O)C(=NOC(C)(C)C(=O)NNC(=O)c4cccc(O)c4O)c4csc(N)n4)[C@@H]3SC2)n2nc(C(=O)O)nc2n1. The van der Waals surface area contributed by atoms with Crippen molar-refractivity contribution in [2.45, 2.75) is 42.8 Å². The number of hydrazine groups is 1. The van der Waals surface area contributed by atoms with Gasteiger partial charge in [-0.3, -0.25) is 34.9 Å². The number of carbonyl (C=O) groups is 6. The summed E-state index contributed by atoms with van der Waals surface area (Å²) in [7, 11) is 0. The Hall–Kier alpha value is -6.47. The standard InChI is InChI=1S/C31H29N11O11S3/c1-11-7-16(42-30(33-11)36-21(39-42)27(50)51)54-8-12-9-55-25-18(24(47)41(25)19(12)26(48)49)35-23(46)17(14-10-56-29(32)34-14)40-53-31(2,3)28(52)38-37-22(45)13-5-4-6-15(43)20(13)44/h4-7,10,18,25,43-44H,8-9H2,1-3H3,(H2,32,34)(H,35,46)(H,37,45)(H,38,52)(H,48,49)(H,50,51)/t18?,25-/m0/s1.